The molecule has 3 rings (SSSR count). The van der Waals surface area contributed by atoms with Crippen LogP contribution in [0.2, 0.25) is 0 Å². The van der Waals surface area contributed by atoms with E-state index in [2.05, 4.69) is 5.32 Å². The fourth-order valence-electron chi connectivity index (χ4n) is 3.26. The van der Waals surface area contributed by atoms with Crippen LogP contribution < -0.4 is 11.1 Å². The maximum atomic E-state index is 12.2. The molecule has 1 fully saturated rings. The van der Waals surface area contributed by atoms with Crippen LogP contribution in [-0.2, 0) is 11.2 Å². The average Bonchev–Trinajstić information content (AvgIpc) is 3.12. The summed E-state index contributed by atoms with van der Waals surface area (Å²) in [5.41, 5.74) is 6.63. The molecule has 4 nitrogen and oxygen atoms in total. The van der Waals surface area contributed by atoms with E-state index >= 15 is 0 Å². The van der Waals surface area contributed by atoms with Crippen LogP contribution in [-0.4, -0.2) is 19.0 Å². The molecule has 2 aromatic rings. The van der Waals surface area contributed by atoms with Gasteiger partial charge in [-0.15, -0.1) is 12.4 Å². The second-order valence-electron chi connectivity index (χ2n) is 5.82. The lowest BCUT2D eigenvalue weighted by Gasteiger charge is -2.17. The smallest absolute Gasteiger partial charge is 0.223 e. The van der Waals surface area contributed by atoms with E-state index in [1.54, 1.807) is 0 Å². The van der Waals surface area contributed by atoms with E-state index in [1.165, 1.54) is 0 Å². The first-order valence-electron chi connectivity index (χ1n) is 7.73. The summed E-state index contributed by atoms with van der Waals surface area (Å²) in [4.78, 5) is 12.2. The molecule has 1 aromatic carbocycles. The molecule has 1 saturated carbocycles. The van der Waals surface area contributed by atoms with Gasteiger partial charge >= 0.3 is 0 Å². The fourth-order valence-corrected chi connectivity index (χ4v) is 3.26. The van der Waals surface area contributed by atoms with Gasteiger partial charge in [-0.3, -0.25) is 4.79 Å². The Kier molecular flexibility index (Phi) is 5.86. The predicted molar refractivity (Wildman–Crippen MR) is 90.1 cm³/mol. The van der Waals surface area contributed by atoms with Gasteiger partial charge in [-0.25, -0.2) is 0 Å². The number of halogens is 1. The standard InChI is InChI=1S/C17H22N2O2.ClH/c18-11-13-5-3-6-15(13)17(20)19-9-8-14-10-12-4-1-2-7-16(12)21-14;/h1-2,4,7,10,13,15H,3,5-6,8-9,11,18H2,(H,19,20);1H/t13-,15-;/m1./s1. The SMILES string of the molecule is Cl.NC[C@H]1CCC[C@H]1C(=O)NCCc1cc2ccccc2o1. The van der Waals surface area contributed by atoms with Crippen LogP contribution in [0.5, 0.6) is 0 Å². The van der Waals surface area contributed by atoms with Crippen molar-refractivity contribution in [2.45, 2.75) is 25.7 Å². The number of amides is 1. The number of carbonyl (C=O) groups is 1. The number of benzene rings is 1. The van der Waals surface area contributed by atoms with E-state index in [9.17, 15) is 4.79 Å². The number of carbonyl (C=O) groups excluding carboxylic acids is 1. The first-order valence-corrected chi connectivity index (χ1v) is 7.73. The molecule has 5 heteroatoms. The lowest BCUT2D eigenvalue weighted by molar-refractivity contribution is -0.125. The molecule has 120 valence electrons. The van der Waals surface area contributed by atoms with Crippen LogP contribution in [0.25, 0.3) is 11.0 Å². The minimum Gasteiger partial charge on any atom is -0.461 e. The van der Waals surface area contributed by atoms with Crippen molar-refractivity contribution in [1.82, 2.24) is 5.32 Å². The van der Waals surface area contributed by atoms with E-state index in [1.807, 2.05) is 30.3 Å². The maximum Gasteiger partial charge on any atom is 0.223 e. The number of nitrogens with one attached hydrogen (secondary N) is 1. The Morgan fingerprint density at radius 3 is 2.91 bits per heavy atom. The van der Waals surface area contributed by atoms with Gasteiger partial charge in [0.2, 0.25) is 5.91 Å². The zero-order valence-electron chi connectivity index (χ0n) is 12.6. The lowest BCUT2D eigenvalue weighted by atomic mass is 9.95. The van der Waals surface area contributed by atoms with Crippen LogP contribution in [0.1, 0.15) is 25.0 Å². The number of para-hydroxylation sites is 1. The largest absolute Gasteiger partial charge is 0.461 e. The molecule has 1 heterocycles. The molecule has 0 radical (unpaired) electrons. The van der Waals surface area contributed by atoms with Gasteiger partial charge in [0.05, 0.1) is 0 Å². The van der Waals surface area contributed by atoms with Gasteiger partial charge in [-0.05, 0) is 37.4 Å². The second kappa shape index (κ2) is 7.65. The quantitative estimate of drug-likeness (QED) is 0.889. The van der Waals surface area contributed by atoms with Crippen molar-refractivity contribution in [2.24, 2.45) is 17.6 Å². The Bertz CT molecular complexity index is 593. The highest BCUT2D eigenvalue weighted by Crippen LogP contribution is 2.30. The number of hydrogen-bond acceptors (Lipinski definition) is 3. The molecule has 3 N–H and O–H groups in total. The van der Waals surface area contributed by atoms with Gasteiger partial charge in [0.1, 0.15) is 11.3 Å². The van der Waals surface area contributed by atoms with E-state index in [-0.39, 0.29) is 24.2 Å². The summed E-state index contributed by atoms with van der Waals surface area (Å²) in [6.07, 6.45) is 3.89. The van der Waals surface area contributed by atoms with Gasteiger partial charge in [0.25, 0.3) is 0 Å². The molecule has 1 aliphatic rings. The summed E-state index contributed by atoms with van der Waals surface area (Å²) in [6.45, 7) is 1.23. The minimum absolute atomic E-state index is 0. The third-order valence-corrected chi connectivity index (χ3v) is 4.45. The third-order valence-electron chi connectivity index (χ3n) is 4.45. The highest BCUT2D eigenvalue weighted by atomic mass is 35.5. The van der Waals surface area contributed by atoms with Crippen molar-refractivity contribution in [3.8, 4) is 0 Å². The van der Waals surface area contributed by atoms with E-state index in [4.69, 9.17) is 10.2 Å². The minimum atomic E-state index is 0. The van der Waals surface area contributed by atoms with Gasteiger partial charge < -0.3 is 15.5 Å². The molecule has 0 unspecified atom stereocenters. The van der Waals surface area contributed by atoms with Gasteiger partial charge in [0.15, 0.2) is 0 Å². The second-order valence-corrected chi connectivity index (χ2v) is 5.82. The number of furan rings is 1. The molecule has 0 spiro atoms. The zero-order chi connectivity index (χ0) is 14.7. The van der Waals surface area contributed by atoms with Crippen molar-refractivity contribution in [3.05, 3.63) is 36.1 Å². The van der Waals surface area contributed by atoms with Crippen LogP contribution in [0.4, 0.5) is 0 Å². The normalized spacial score (nSPS) is 20.8. The van der Waals surface area contributed by atoms with Gasteiger partial charge in [-0.2, -0.15) is 0 Å². The number of hydrogen-bond donors (Lipinski definition) is 2. The average molecular weight is 323 g/mol. The molecule has 2 atom stereocenters. The Balaban J connectivity index is 0.00000176. The molecular weight excluding hydrogens is 300 g/mol. The van der Waals surface area contributed by atoms with Crippen LogP contribution in [0, 0.1) is 11.8 Å². The fraction of sp³-hybridized carbons (Fsp3) is 0.471. The number of fused-ring (bicyclic) bond motifs is 1. The summed E-state index contributed by atoms with van der Waals surface area (Å²) < 4.78 is 5.75. The van der Waals surface area contributed by atoms with Crippen molar-refractivity contribution in [2.75, 3.05) is 13.1 Å². The van der Waals surface area contributed by atoms with Gasteiger partial charge in [0, 0.05) is 24.3 Å². The molecule has 1 aromatic heterocycles. The molecule has 1 amide bonds. The summed E-state index contributed by atoms with van der Waals surface area (Å²) in [6, 6.07) is 9.99. The molecule has 0 bridgehead atoms. The summed E-state index contributed by atoms with van der Waals surface area (Å²) in [7, 11) is 0. The van der Waals surface area contributed by atoms with Gasteiger partial charge in [-0.1, -0.05) is 24.6 Å². The Morgan fingerprint density at radius 2 is 2.14 bits per heavy atom. The number of rotatable bonds is 5. The topological polar surface area (TPSA) is 68.3 Å². The van der Waals surface area contributed by atoms with Crippen LogP contribution in [0.3, 0.4) is 0 Å². The summed E-state index contributed by atoms with van der Waals surface area (Å²) >= 11 is 0. The molecular formula is C17H23ClN2O2. The summed E-state index contributed by atoms with van der Waals surface area (Å²) in [5, 5.41) is 4.14. The first-order chi connectivity index (χ1) is 10.3. The van der Waals surface area contributed by atoms with Crippen molar-refractivity contribution in [3.63, 3.8) is 0 Å². The van der Waals surface area contributed by atoms with Crippen LogP contribution in [0.15, 0.2) is 34.7 Å². The highest BCUT2D eigenvalue weighted by Gasteiger charge is 2.31. The van der Waals surface area contributed by atoms with E-state index in [0.29, 0.717) is 19.0 Å². The predicted octanol–water partition coefficient (Wildman–Crippen LogP) is 2.89. The number of nitrogens with two attached hydrogens (primary N) is 1. The van der Waals surface area contributed by atoms with Crippen molar-refractivity contribution >= 4 is 29.3 Å². The van der Waals surface area contributed by atoms with Crippen molar-refractivity contribution < 1.29 is 9.21 Å². The molecule has 1 aliphatic carbocycles. The Morgan fingerprint density at radius 1 is 1.32 bits per heavy atom. The summed E-state index contributed by atoms with van der Waals surface area (Å²) in [5.74, 6) is 1.53. The molecule has 22 heavy (non-hydrogen) atoms. The van der Waals surface area contributed by atoms with E-state index in [0.717, 1.165) is 42.4 Å². The van der Waals surface area contributed by atoms with E-state index < -0.39 is 0 Å². The molecule has 0 saturated heterocycles. The van der Waals surface area contributed by atoms with Crippen molar-refractivity contribution in [1.29, 1.82) is 0 Å². The monoisotopic (exact) mass is 322 g/mol. The highest BCUT2D eigenvalue weighted by molar-refractivity contribution is 5.85. The molecule has 0 aliphatic heterocycles. The third kappa shape index (κ3) is 3.62. The lowest BCUT2D eigenvalue weighted by Crippen LogP contribution is -2.36. The maximum absolute atomic E-state index is 12.2. The zero-order valence-corrected chi connectivity index (χ0v) is 13.4. The Hall–Kier alpha value is -1.52. The Labute approximate surface area is 136 Å². The van der Waals surface area contributed by atoms with Crippen LogP contribution >= 0.6 is 12.4 Å². The first kappa shape index (κ1) is 16.8.